The minimum atomic E-state index is 0.122. The summed E-state index contributed by atoms with van der Waals surface area (Å²) >= 11 is 1.95. The Hall–Kier alpha value is -1.03. The molecule has 2 N–H and O–H groups in total. The van der Waals surface area contributed by atoms with E-state index in [1.807, 2.05) is 11.8 Å². The molecule has 0 heterocycles. The number of hydrogen-bond donors (Lipinski definition) is 1. The first-order valence-electron chi connectivity index (χ1n) is 7.79. The summed E-state index contributed by atoms with van der Waals surface area (Å²) in [5.41, 5.74) is 7.57. The second-order valence-electron chi connectivity index (χ2n) is 5.31. The summed E-state index contributed by atoms with van der Waals surface area (Å²) in [4.78, 5) is 2.45. The number of nitrogens with zero attached hydrogens (tertiary/aromatic N) is 1. The van der Waals surface area contributed by atoms with Crippen molar-refractivity contribution in [2.75, 3.05) is 31.1 Å². The molecular weight excluding hydrogens is 276 g/mol. The van der Waals surface area contributed by atoms with E-state index in [2.05, 4.69) is 61.2 Å². The van der Waals surface area contributed by atoms with Crippen LogP contribution in [0.5, 0.6) is 0 Å². The number of nitrogens with two attached hydrogens (primary N) is 1. The van der Waals surface area contributed by atoms with Crippen LogP contribution >= 0.6 is 11.8 Å². The highest BCUT2D eigenvalue weighted by molar-refractivity contribution is 7.99. The van der Waals surface area contributed by atoms with Crippen molar-refractivity contribution in [2.24, 2.45) is 5.73 Å². The topological polar surface area (TPSA) is 29.3 Å². The van der Waals surface area contributed by atoms with Crippen LogP contribution in [0.2, 0.25) is 0 Å². The van der Waals surface area contributed by atoms with Gasteiger partial charge in [0, 0.05) is 24.1 Å². The van der Waals surface area contributed by atoms with Gasteiger partial charge in [-0.3, -0.25) is 0 Å². The van der Waals surface area contributed by atoms with Gasteiger partial charge in [-0.1, -0.05) is 50.2 Å². The van der Waals surface area contributed by atoms with Gasteiger partial charge in [0.2, 0.25) is 0 Å². The van der Waals surface area contributed by atoms with Crippen LogP contribution in [-0.2, 0) is 0 Å². The van der Waals surface area contributed by atoms with E-state index in [-0.39, 0.29) is 6.04 Å². The Morgan fingerprint density at radius 2 is 1.76 bits per heavy atom. The van der Waals surface area contributed by atoms with Crippen molar-refractivity contribution in [3.8, 4) is 0 Å². The van der Waals surface area contributed by atoms with Crippen LogP contribution < -0.4 is 5.73 Å². The predicted octanol–water partition coefficient (Wildman–Crippen LogP) is 3.91. The van der Waals surface area contributed by atoms with Gasteiger partial charge in [-0.05, 0) is 35.5 Å². The molecule has 0 fully saturated rings. The van der Waals surface area contributed by atoms with Gasteiger partial charge in [-0.15, -0.1) is 0 Å². The fraction of sp³-hybridized carbons (Fsp3) is 0.444. The molecule has 0 radical (unpaired) electrons. The van der Waals surface area contributed by atoms with Crippen LogP contribution in [-0.4, -0.2) is 36.0 Å². The van der Waals surface area contributed by atoms with Crippen LogP contribution in [0.3, 0.4) is 0 Å². The van der Waals surface area contributed by atoms with Crippen molar-refractivity contribution >= 4 is 22.5 Å². The lowest BCUT2D eigenvalue weighted by Gasteiger charge is -2.18. The van der Waals surface area contributed by atoms with Crippen molar-refractivity contribution in [2.45, 2.75) is 19.9 Å². The van der Waals surface area contributed by atoms with E-state index in [9.17, 15) is 0 Å². The fourth-order valence-corrected chi connectivity index (χ4v) is 3.48. The third-order valence-corrected chi connectivity index (χ3v) is 5.01. The molecule has 0 aliphatic carbocycles. The van der Waals surface area contributed by atoms with E-state index in [4.69, 9.17) is 5.73 Å². The third-order valence-electron chi connectivity index (χ3n) is 3.95. The van der Waals surface area contributed by atoms with Crippen LogP contribution in [0, 0.1) is 0 Å². The van der Waals surface area contributed by atoms with Crippen LogP contribution in [0.4, 0.5) is 0 Å². The molecule has 114 valence electrons. The lowest BCUT2D eigenvalue weighted by atomic mass is 10.0. The molecule has 2 aromatic carbocycles. The van der Waals surface area contributed by atoms with Gasteiger partial charge in [0.25, 0.3) is 0 Å². The standard InChI is InChI=1S/C18H26N2S/c1-3-20(4-2)11-12-21-14-18(19)17-10-9-15-7-5-6-8-16(15)13-17/h5-10,13,18H,3-4,11-12,14,19H2,1-2H3. The first-order valence-corrected chi connectivity index (χ1v) is 8.94. The molecule has 0 aliphatic heterocycles. The molecule has 0 bridgehead atoms. The average Bonchev–Trinajstić information content (AvgIpc) is 2.54. The first-order chi connectivity index (χ1) is 10.2. The monoisotopic (exact) mass is 302 g/mol. The van der Waals surface area contributed by atoms with Crippen LogP contribution in [0.25, 0.3) is 10.8 Å². The summed E-state index contributed by atoms with van der Waals surface area (Å²) in [7, 11) is 0. The van der Waals surface area contributed by atoms with Gasteiger partial charge >= 0.3 is 0 Å². The largest absolute Gasteiger partial charge is 0.323 e. The number of rotatable bonds is 8. The number of hydrogen-bond acceptors (Lipinski definition) is 3. The number of thioether (sulfide) groups is 1. The van der Waals surface area contributed by atoms with Gasteiger partial charge in [0.05, 0.1) is 0 Å². The maximum Gasteiger partial charge on any atom is 0.0387 e. The maximum absolute atomic E-state index is 6.33. The molecular formula is C18H26N2S. The van der Waals surface area contributed by atoms with Crippen LogP contribution in [0.15, 0.2) is 42.5 Å². The van der Waals surface area contributed by atoms with Gasteiger partial charge in [-0.2, -0.15) is 11.8 Å². The summed E-state index contributed by atoms with van der Waals surface area (Å²) < 4.78 is 0. The molecule has 2 nitrogen and oxygen atoms in total. The summed E-state index contributed by atoms with van der Waals surface area (Å²) in [6.07, 6.45) is 0. The quantitative estimate of drug-likeness (QED) is 0.750. The first kappa shape index (κ1) is 16.3. The van der Waals surface area contributed by atoms with E-state index in [0.29, 0.717) is 0 Å². The van der Waals surface area contributed by atoms with E-state index in [0.717, 1.165) is 31.1 Å². The third kappa shape index (κ3) is 4.73. The Morgan fingerprint density at radius 1 is 1.05 bits per heavy atom. The second-order valence-corrected chi connectivity index (χ2v) is 6.46. The summed E-state index contributed by atoms with van der Waals surface area (Å²) in [5.74, 6) is 2.14. The molecule has 2 rings (SSSR count). The number of benzene rings is 2. The van der Waals surface area contributed by atoms with Crippen molar-refractivity contribution in [1.29, 1.82) is 0 Å². The van der Waals surface area contributed by atoms with Crippen molar-refractivity contribution in [3.05, 3.63) is 48.0 Å². The van der Waals surface area contributed by atoms with E-state index < -0.39 is 0 Å². The highest BCUT2D eigenvalue weighted by atomic mass is 32.2. The molecule has 0 aliphatic rings. The second kappa shape index (κ2) is 8.42. The van der Waals surface area contributed by atoms with Crippen LogP contribution in [0.1, 0.15) is 25.5 Å². The van der Waals surface area contributed by atoms with E-state index in [1.54, 1.807) is 0 Å². The van der Waals surface area contributed by atoms with Gasteiger partial charge < -0.3 is 10.6 Å². The van der Waals surface area contributed by atoms with Gasteiger partial charge in [0.15, 0.2) is 0 Å². The predicted molar refractivity (Wildman–Crippen MR) is 96.0 cm³/mol. The molecule has 0 saturated carbocycles. The van der Waals surface area contributed by atoms with E-state index >= 15 is 0 Å². The van der Waals surface area contributed by atoms with Gasteiger partial charge in [-0.25, -0.2) is 0 Å². The minimum absolute atomic E-state index is 0.122. The fourth-order valence-electron chi connectivity index (χ4n) is 2.48. The zero-order chi connectivity index (χ0) is 15.1. The Kier molecular flexibility index (Phi) is 6.55. The zero-order valence-electron chi connectivity index (χ0n) is 13.1. The SMILES string of the molecule is CCN(CC)CCSCC(N)c1ccc2ccccc2c1. The minimum Gasteiger partial charge on any atom is -0.323 e. The summed E-state index contributed by atoms with van der Waals surface area (Å²) in [6.45, 7) is 7.85. The Labute approximate surface area is 132 Å². The molecule has 1 atom stereocenters. The number of fused-ring (bicyclic) bond motifs is 1. The Bertz CT molecular complexity index is 552. The normalized spacial score (nSPS) is 13.0. The zero-order valence-corrected chi connectivity index (χ0v) is 13.9. The average molecular weight is 302 g/mol. The van der Waals surface area contributed by atoms with E-state index in [1.165, 1.54) is 16.3 Å². The highest BCUT2D eigenvalue weighted by Crippen LogP contribution is 2.21. The van der Waals surface area contributed by atoms with Gasteiger partial charge in [0.1, 0.15) is 0 Å². The molecule has 1 unspecified atom stereocenters. The molecule has 0 amide bonds. The highest BCUT2D eigenvalue weighted by Gasteiger charge is 2.07. The summed E-state index contributed by atoms with van der Waals surface area (Å²) in [5, 5.41) is 2.56. The lowest BCUT2D eigenvalue weighted by molar-refractivity contribution is 0.324. The Balaban J connectivity index is 1.85. The molecule has 21 heavy (non-hydrogen) atoms. The summed E-state index contributed by atoms with van der Waals surface area (Å²) in [6, 6.07) is 15.1. The molecule has 0 spiro atoms. The molecule has 2 aromatic rings. The lowest BCUT2D eigenvalue weighted by Crippen LogP contribution is -2.25. The smallest absolute Gasteiger partial charge is 0.0387 e. The molecule has 0 aromatic heterocycles. The maximum atomic E-state index is 6.33. The Morgan fingerprint density at radius 3 is 2.48 bits per heavy atom. The molecule has 0 saturated heterocycles. The van der Waals surface area contributed by atoms with Crippen molar-refractivity contribution in [3.63, 3.8) is 0 Å². The van der Waals surface area contributed by atoms with Crippen molar-refractivity contribution < 1.29 is 0 Å². The molecule has 3 heteroatoms. The van der Waals surface area contributed by atoms with Crippen molar-refractivity contribution in [1.82, 2.24) is 4.90 Å².